The summed E-state index contributed by atoms with van der Waals surface area (Å²) in [6.07, 6.45) is 3.34. The number of aliphatic hydroxyl groups is 1. The molecule has 88 valence electrons. The van der Waals surface area contributed by atoms with E-state index >= 15 is 0 Å². The highest BCUT2D eigenvalue weighted by Crippen LogP contribution is 2.24. The fraction of sp³-hybridized carbons (Fsp3) is 0.357. The Morgan fingerprint density at radius 2 is 2.18 bits per heavy atom. The zero-order valence-corrected chi connectivity index (χ0v) is 9.69. The number of aromatic nitrogens is 1. The van der Waals surface area contributed by atoms with E-state index in [2.05, 4.69) is 16.4 Å². The number of benzene rings is 1. The van der Waals surface area contributed by atoms with Crippen LogP contribution in [0, 0.1) is 0 Å². The Hall–Kier alpha value is -1.45. The molecule has 0 spiro atoms. The largest absolute Gasteiger partial charge is 0.388 e. The molecule has 3 nitrogen and oxygen atoms in total. The summed E-state index contributed by atoms with van der Waals surface area (Å²) in [5, 5.41) is 14.8. The van der Waals surface area contributed by atoms with Gasteiger partial charge in [-0.2, -0.15) is 0 Å². The van der Waals surface area contributed by atoms with Crippen LogP contribution in [0.3, 0.4) is 0 Å². The quantitative estimate of drug-likeness (QED) is 0.818. The molecule has 0 aliphatic carbocycles. The van der Waals surface area contributed by atoms with Crippen molar-refractivity contribution in [2.75, 3.05) is 13.1 Å². The number of hydrogen-bond donors (Lipinski definition) is 2. The number of β-amino-alcohol motifs (C(OH)–C–C–N with tert-alkyl or cyclic N) is 1. The zero-order chi connectivity index (χ0) is 11.7. The summed E-state index contributed by atoms with van der Waals surface area (Å²) in [7, 11) is 0. The minimum atomic E-state index is -0.593. The van der Waals surface area contributed by atoms with Crippen molar-refractivity contribution in [3.05, 3.63) is 42.1 Å². The van der Waals surface area contributed by atoms with Crippen molar-refractivity contribution in [2.24, 2.45) is 0 Å². The van der Waals surface area contributed by atoms with Gasteiger partial charge in [-0.3, -0.25) is 4.98 Å². The molecule has 2 N–H and O–H groups in total. The molecule has 3 rings (SSSR count). The van der Waals surface area contributed by atoms with Crippen LogP contribution in [-0.4, -0.2) is 28.8 Å². The number of pyridine rings is 1. The van der Waals surface area contributed by atoms with Crippen LogP contribution < -0.4 is 5.32 Å². The first-order chi connectivity index (χ1) is 8.27. The topological polar surface area (TPSA) is 45.2 Å². The van der Waals surface area contributed by atoms with Gasteiger partial charge in [0.2, 0.25) is 0 Å². The second-order valence-corrected chi connectivity index (χ2v) is 4.82. The lowest BCUT2D eigenvalue weighted by Crippen LogP contribution is -2.33. The van der Waals surface area contributed by atoms with Crippen LogP contribution in [0.15, 0.2) is 36.5 Å². The summed E-state index contributed by atoms with van der Waals surface area (Å²) in [6, 6.07) is 10.1. The number of nitrogens with one attached hydrogen (secondary N) is 1. The van der Waals surface area contributed by atoms with Gasteiger partial charge in [0, 0.05) is 24.5 Å². The lowest BCUT2D eigenvalue weighted by molar-refractivity contribution is 0.0622. The average Bonchev–Trinajstić information content (AvgIpc) is 2.76. The van der Waals surface area contributed by atoms with Crippen LogP contribution in [0.4, 0.5) is 0 Å². The van der Waals surface area contributed by atoms with E-state index in [9.17, 15) is 5.11 Å². The second-order valence-electron chi connectivity index (χ2n) is 4.82. The Bertz CT molecular complexity index is 527. The van der Waals surface area contributed by atoms with Gasteiger partial charge in [-0.15, -0.1) is 0 Å². The summed E-state index contributed by atoms with van der Waals surface area (Å²) < 4.78 is 0. The third-order valence-corrected chi connectivity index (χ3v) is 3.48. The van der Waals surface area contributed by atoms with Crippen molar-refractivity contribution in [1.29, 1.82) is 0 Å². The summed E-state index contributed by atoms with van der Waals surface area (Å²) in [4.78, 5) is 4.34. The fourth-order valence-corrected chi connectivity index (χ4v) is 2.55. The molecule has 1 aromatic heterocycles. The van der Waals surface area contributed by atoms with Gasteiger partial charge in [-0.25, -0.2) is 0 Å². The van der Waals surface area contributed by atoms with Crippen molar-refractivity contribution in [2.45, 2.75) is 18.4 Å². The van der Waals surface area contributed by atoms with Crippen molar-refractivity contribution < 1.29 is 5.11 Å². The molecule has 3 heteroatoms. The van der Waals surface area contributed by atoms with Crippen molar-refractivity contribution in [3.63, 3.8) is 0 Å². The molecule has 1 unspecified atom stereocenters. The summed E-state index contributed by atoms with van der Waals surface area (Å²) in [6.45, 7) is 1.59. The normalized spacial score (nSPS) is 24.3. The van der Waals surface area contributed by atoms with Crippen LogP contribution in [-0.2, 0) is 6.42 Å². The lowest BCUT2D eigenvalue weighted by Gasteiger charge is -2.21. The van der Waals surface area contributed by atoms with Gasteiger partial charge in [-0.05, 0) is 30.7 Å². The Balaban J connectivity index is 2.00. The number of hydrogen-bond acceptors (Lipinski definition) is 3. The summed E-state index contributed by atoms with van der Waals surface area (Å²) >= 11 is 0. The fourth-order valence-electron chi connectivity index (χ4n) is 2.55. The minimum Gasteiger partial charge on any atom is -0.388 e. The molecule has 0 radical (unpaired) electrons. The molecule has 2 heterocycles. The van der Waals surface area contributed by atoms with E-state index in [4.69, 9.17) is 0 Å². The van der Waals surface area contributed by atoms with Crippen molar-refractivity contribution in [3.8, 4) is 0 Å². The third kappa shape index (κ3) is 2.04. The van der Waals surface area contributed by atoms with Gasteiger partial charge < -0.3 is 10.4 Å². The Morgan fingerprint density at radius 1 is 1.29 bits per heavy atom. The predicted molar refractivity (Wildman–Crippen MR) is 67.9 cm³/mol. The van der Waals surface area contributed by atoms with Gasteiger partial charge in [0.15, 0.2) is 0 Å². The highest BCUT2D eigenvalue weighted by Gasteiger charge is 2.31. The third-order valence-electron chi connectivity index (χ3n) is 3.48. The molecule has 1 aliphatic heterocycles. The molecule has 17 heavy (non-hydrogen) atoms. The van der Waals surface area contributed by atoms with E-state index in [0.29, 0.717) is 13.0 Å². The van der Waals surface area contributed by atoms with Gasteiger partial charge >= 0.3 is 0 Å². The number of fused-ring (bicyclic) bond motifs is 1. The maximum atomic E-state index is 10.4. The molecule has 1 aromatic carbocycles. The van der Waals surface area contributed by atoms with Gasteiger partial charge in [-0.1, -0.05) is 18.2 Å². The molecule has 0 saturated carbocycles. The molecular formula is C14H16N2O. The SMILES string of the molecule is OC1(Cc2ccnc3ccccc23)CCNC1. The first-order valence-electron chi connectivity index (χ1n) is 6.03. The van der Waals surface area contributed by atoms with Crippen LogP contribution in [0.1, 0.15) is 12.0 Å². The van der Waals surface area contributed by atoms with Crippen LogP contribution in [0.5, 0.6) is 0 Å². The van der Waals surface area contributed by atoms with Crippen LogP contribution in [0.2, 0.25) is 0 Å². The summed E-state index contributed by atoms with van der Waals surface area (Å²) in [5.41, 5.74) is 1.59. The van der Waals surface area contributed by atoms with Crippen LogP contribution >= 0.6 is 0 Å². The number of rotatable bonds is 2. The Labute approximate surface area is 100 Å². The smallest absolute Gasteiger partial charge is 0.0823 e. The van der Waals surface area contributed by atoms with Gasteiger partial charge in [0.1, 0.15) is 0 Å². The van der Waals surface area contributed by atoms with Crippen LogP contribution in [0.25, 0.3) is 10.9 Å². The molecule has 1 fully saturated rings. The number of nitrogens with zero attached hydrogens (tertiary/aromatic N) is 1. The molecular weight excluding hydrogens is 212 g/mol. The molecule has 0 amide bonds. The van der Waals surface area contributed by atoms with E-state index in [1.54, 1.807) is 0 Å². The second kappa shape index (κ2) is 4.09. The Morgan fingerprint density at radius 3 is 3.00 bits per heavy atom. The van der Waals surface area contributed by atoms with Gasteiger partial charge in [0.05, 0.1) is 11.1 Å². The van der Waals surface area contributed by atoms with Crippen molar-refractivity contribution >= 4 is 10.9 Å². The molecule has 2 aromatic rings. The van der Waals surface area contributed by atoms with E-state index in [-0.39, 0.29) is 0 Å². The first kappa shape index (κ1) is 10.7. The van der Waals surface area contributed by atoms with Gasteiger partial charge in [0.25, 0.3) is 0 Å². The average molecular weight is 228 g/mol. The highest BCUT2D eigenvalue weighted by atomic mass is 16.3. The first-order valence-corrected chi connectivity index (χ1v) is 6.03. The molecule has 1 saturated heterocycles. The number of para-hydroxylation sites is 1. The van der Waals surface area contributed by atoms with Crippen molar-refractivity contribution in [1.82, 2.24) is 10.3 Å². The maximum absolute atomic E-state index is 10.4. The molecule has 1 atom stereocenters. The summed E-state index contributed by atoms with van der Waals surface area (Å²) in [5.74, 6) is 0. The standard InChI is InChI=1S/C14H16N2O/c17-14(6-8-15-10-14)9-11-5-7-16-13-4-2-1-3-12(11)13/h1-5,7,15,17H,6,8-10H2. The highest BCUT2D eigenvalue weighted by molar-refractivity contribution is 5.81. The van der Waals surface area contributed by atoms with E-state index in [1.165, 1.54) is 5.56 Å². The van der Waals surface area contributed by atoms with E-state index < -0.39 is 5.60 Å². The lowest BCUT2D eigenvalue weighted by atomic mass is 9.92. The van der Waals surface area contributed by atoms with E-state index in [0.717, 1.165) is 23.9 Å². The molecule has 1 aliphatic rings. The van der Waals surface area contributed by atoms with E-state index in [1.807, 2.05) is 30.5 Å². The zero-order valence-electron chi connectivity index (χ0n) is 9.69. The maximum Gasteiger partial charge on any atom is 0.0823 e. The Kier molecular flexibility index (Phi) is 2.57. The minimum absolute atomic E-state index is 0.593. The monoisotopic (exact) mass is 228 g/mol. The molecule has 0 bridgehead atoms. The predicted octanol–water partition coefficient (Wildman–Crippen LogP) is 1.50.